The summed E-state index contributed by atoms with van der Waals surface area (Å²) in [6, 6.07) is 1.37. The molecular weight excluding hydrogens is 273 g/mol. The second kappa shape index (κ2) is 4.59. The zero-order chi connectivity index (χ0) is 13.4. The first-order valence-electron chi connectivity index (χ1n) is 4.32. The van der Waals surface area contributed by atoms with Crippen molar-refractivity contribution in [3.05, 3.63) is 28.5 Å². The van der Waals surface area contributed by atoms with Crippen molar-refractivity contribution in [2.24, 2.45) is 0 Å². The monoisotopic (exact) mass is 281 g/mol. The van der Waals surface area contributed by atoms with Crippen molar-refractivity contribution in [3.8, 4) is 0 Å². The molecule has 17 heavy (non-hydrogen) atoms. The Kier molecular flexibility index (Phi) is 3.75. The molecule has 0 atom stereocenters. The van der Waals surface area contributed by atoms with Gasteiger partial charge in [-0.05, 0) is 12.1 Å². The molecule has 0 fully saturated rings. The maximum Gasteiger partial charge on any atom is 0.338 e. The van der Waals surface area contributed by atoms with Crippen molar-refractivity contribution >= 4 is 27.6 Å². The van der Waals surface area contributed by atoms with Crippen LogP contribution in [0.5, 0.6) is 0 Å². The van der Waals surface area contributed by atoms with Gasteiger partial charge in [-0.15, -0.1) is 0 Å². The minimum Gasteiger partial charge on any atom is -0.478 e. The van der Waals surface area contributed by atoms with Gasteiger partial charge in [-0.1, -0.05) is 11.6 Å². The van der Waals surface area contributed by atoms with Gasteiger partial charge in [-0.3, -0.25) is 0 Å². The Labute approximate surface area is 102 Å². The first-order valence-corrected chi connectivity index (χ1v) is 6.14. The van der Waals surface area contributed by atoms with Crippen LogP contribution in [0.1, 0.15) is 10.4 Å². The normalized spacial score (nSPS) is 11.8. The van der Waals surface area contributed by atoms with Crippen LogP contribution < -0.4 is 0 Å². The fraction of sp³-hybridized carbons (Fsp3) is 0.222. The molecule has 0 saturated heterocycles. The number of benzene rings is 1. The molecule has 0 aromatic heterocycles. The highest BCUT2D eigenvalue weighted by Gasteiger charge is 2.24. The lowest BCUT2D eigenvalue weighted by molar-refractivity contribution is 0.0691. The highest BCUT2D eigenvalue weighted by molar-refractivity contribution is 7.89. The molecule has 1 aromatic rings. The lowest BCUT2D eigenvalue weighted by Crippen LogP contribution is -2.23. The third-order valence-electron chi connectivity index (χ3n) is 2.01. The van der Waals surface area contributed by atoms with Crippen molar-refractivity contribution in [2.75, 3.05) is 14.1 Å². The molecule has 8 heteroatoms. The van der Waals surface area contributed by atoms with Crippen molar-refractivity contribution < 1.29 is 22.7 Å². The van der Waals surface area contributed by atoms with Crippen LogP contribution in [0.25, 0.3) is 0 Å². The topological polar surface area (TPSA) is 74.7 Å². The van der Waals surface area contributed by atoms with Crippen molar-refractivity contribution in [1.82, 2.24) is 4.31 Å². The van der Waals surface area contributed by atoms with Gasteiger partial charge in [0.05, 0.1) is 10.6 Å². The average molecular weight is 282 g/mol. The molecule has 0 spiro atoms. The Balaban J connectivity index is 3.57. The zero-order valence-corrected chi connectivity index (χ0v) is 10.5. The van der Waals surface area contributed by atoms with Gasteiger partial charge in [0.1, 0.15) is 10.7 Å². The van der Waals surface area contributed by atoms with Gasteiger partial charge in [0.25, 0.3) is 0 Å². The molecule has 1 N–H and O–H groups in total. The summed E-state index contributed by atoms with van der Waals surface area (Å²) >= 11 is 5.60. The summed E-state index contributed by atoms with van der Waals surface area (Å²) in [5, 5.41) is 8.33. The summed E-state index contributed by atoms with van der Waals surface area (Å²) in [4.78, 5) is 10.2. The number of hydrogen-bond acceptors (Lipinski definition) is 3. The van der Waals surface area contributed by atoms with Crippen LogP contribution in [0, 0.1) is 5.82 Å². The third-order valence-corrected chi connectivity index (χ3v) is 4.29. The first-order chi connectivity index (χ1) is 7.67. The van der Waals surface area contributed by atoms with Crippen LogP contribution in [0.2, 0.25) is 5.02 Å². The van der Waals surface area contributed by atoms with Gasteiger partial charge in [-0.2, -0.15) is 0 Å². The van der Waals surface area contributed by atoms with Crippen LogP contribution in [-0.2, 0) is 10.0 Å². The summed E-state index contributed by atoms with van der Waals surface area (Å²) in [6.45, 7) is 0. The second-order valence-electron chi connectivity index (χ2n) is 3.36. The van der Waals surface area contributed by atoms with Crippen molar-refractivity contribution in [3.63, 3.8) is 0 Å². The standard InChI is InChI=1S/C9H9ClFNO4S/c1-12(2)17(15,16)8-3-5(9(13)14)7(11)4-6(8)10/h3-4H,1-2H3,(H,13,14). The first kappa shape index (κ1) is 13.9. The minimum atomic E-state index is -3.91. The average Bonchev–Trinajstić information content (AvgIpc) is 2.15. The van der Waals surface area contributed by atoms with E-state index in [4.69, 9.17) is 16.7 Å². The number of carboxylic acid groups (broad SMARTS) is 1. The molecule has 1 aromatic carbocycles. The van der Waals surface area contributed by atoms with E-state index >= 15 is 0 Å². The summed E-state index contributed by atoms with van der Waals surface area (Å²) < 4.78 is 37.6. The van der Waals surface area contributed by atoms with Gasteiger partial charge >= 0.3 is 5.97 Å². The molecule has 1 rings (SSSR count). The molecule has 0 heterocycles. The molecule has 0 bridgehead atoms. The van der Waals surface area contributed by atoms with Crippen LogP contribution >= 0.6 is 11.6 Å². The molecule has 5 nitrogen and oxygen atoms in total. The van der Waals surface area contributed by atoms with Crippen LogP contribution in [-0.4, -0.2) is 37.9 Å². The van der Waals surface area contributed by atoms with Gasteiger partial charge < -0.3 is 5.11 Å². The number of carbonyl (C=O) groups is 1. The van der Waals surface area contributed by atoms with E-state index in [1.54, 1.807) is 0 Å². The maximum atomic E-state index is 13.2. The third kappa shape index (κ3) is 2.56. The number of halogens is 2. The molecule has 0 unspecified atom stereocenters. The van der Waals surface area contributed by atoms with E-state index in [2.05, 4.69) is 0 Å². The fourth-order valence-electron chi connectivity index (χ4n) is 1.09. The Morgan fingerprint density at radius 3 is 2.35 bits per heavy atom. The molecule has 94 valence electrons. The fourth-order valence-corrected chi connectivity index (χ4v) is 2.50. The number of aromatic carboxylic acids is 1. The van der Waals surface area contributed by atoms with Crippen molar-refractivity contribution in [2.45, 2.75) is 4.90 Å². The highest BCUT2D eigenvalue weighted by Crippen LogP contribution is 2.26. The quantitative estimate of drug-likeness (QED) is 0.909. The second-order valence-corrected chi connectivity index (χ2v) is 5.88. The summed E-state index contributed by atoms with van der Waals surface area (Å²) in [5.74, 6) is -2.64. The number of nitrogens with zero attached hydrogens (tertiary/aromatic N) is 1. The maximum absolute atomic E-state index is 13.2. The van der Waals surface area contributed by atoms with Gasteiger partial charge in [0.15, 0.2) is 0 Å². The Bertz CT molecular complexity index is 571. The lowest BCUT2D eigenvalue weighted by Gasteiger charge is -2.13. The van der Waals surface area contributed by atoms with Gasteiger partial charge in [0.2, 0.25) is 10.0 Å². The van der Waals surface area contributed by atoms with Gasteiger partial charge in [-0.25, -0.2) is 21.9 Å². The Morgan fingerprint density at radius 2 is 1.94 bits per heavy atom. The Hall–Kier alpha value is -1.18. The summed E-state index contributed by atoms with van der Waals surface area (Å²) in [5.41, 5.74) is -0.741. The van der Waals surface area contributed by atoms with E-state index in [1.807, 2.05) is 0 Å². The largest absolute Gasteiger partial charge is 0.478 e. The Morgan fingerprint density at radius 1 is 1.41 bits per heavy atom. The van der Waals surface area contributed by atoms with Crippen LogP contribution in [0.15, 0.2) is 17.0 Å². The van der Waals surface area contributed by atoms with E-state index in [-0.39, 0.29) is 5.02 Å². The molecule has 0 radical (unpaired) electrons. The predicted molar refractivity (Wildman–Crippen MR) is 59.2 cm³/mol. The SMILES string of the molecule is CN(C)S(=O)(=O)c1cc(C(=O)O)c(F)cc1Cl. The molecule has 0 saturated carbocycles. The highest BCUT2D eigenvalue weighted by atomic mass is 35.5. The zero-order valence-electron chi connectivity index (χ0n) is 8.94. The summed E-state index contributed by atoms with van der Waals surface area (Å²) in [7, 11) is -1.39. The summed E-state index contributed by atoms with van der Waals surface area (Å²) in [6.07, 6.45) is 0. The number of sulfonamides is 1. The predicted octanol–water partition coefficient (Wildman–Crippen LogP) is 1.43. The number of rotatable bonds is 3. The van der Waals surface area contributed by atoms with E-state index in [9.17, 15) is 17.6 Å². The molecule has 0 aliphatic carbocycles. The molecule has 0 aliphatic heterocycles. The number of carboxylic acids is 1. The van der Waals surface area contributed by atoms with E-state index in [0.717, 1.165) is 4.31 Å². The number of hydrogen-bond donors (Lipinski definition) is 1. The van der Waals surface area contributed by atoms with E-state index < -0.39 is 32.3 Å². The lowest BCUT2D eigenvalue weighted by atomic mass is 10.2. The van der Waals surface area contributed by atoms with Crippen LogP contribution in [0.3, 0.4) is 0 Å². The van der Waals surface area contributed by atoms with Crippen molar-refractivity contribution in [1.29, 1.82) is 0 Å². The molecular formula is C9H9ClFNO4S. The smallest absolute Gasteiger partial charge is 0.338 e. The van der Waals surface area contributed by atoms with Crippen LogP contribution in [0.4, 0.5) is 4.39 Å². The van der Waals surface area contributed by atoms with E-state index in [0.29, 0.717) is 12.1 Å². The minimum absolute atomic E-state index is 0.360. The van der Waals surface area contributed by atoms with Gasteiger partial charge in [0, 0.05) is 14.1 Å². The molecule has 0 aliphatic rings. The van der Waals surface area contributed by atoms with E-state index in [1.165, 1.54) is 14.1 Å². The molecule has 0 amide bonds.